The van der Waals surface area contributed by atoms with Crippen LogP contribution < -0.4 is 9.64 Å². The molecule has 0 aromatic heterocycles. The molecular weight excluding hydrogens is 276 g/mol. The fraction of sp³-hybridized carbons (Fsp3) is 0.222. The van der Waals surface area contributed by atoms with Gasteiger partial charge in [-0.15, -0.1) is 0 Å². The summed E-state index contributed by atoms with van der Waals surface area (Å²) in [6, 6.07) is 17.6. The molecule has 22 heavy (non-hydrogen) atoms. The van der Waals surface area contributed by atoms with Gasteiger partial charge in [-0.05, 0) is 23.8 Å². The second-order valence-electron chi connectivity index (χ2n) is 6.06. The summed E-state index contributed by atoms with van der Waals surface area (Å²) < 4.78 is 6.21. The van der Waals surface area contributed by atoms with E-state index in [1.54, 1.807) is 4.90 Å². The van der Waals surface area contributed by atoms with E-state index in [1.807, 2.05) is 48.5 Å². The van der Waals surface area contributed by atoms with Crippen LogP contribution >= 0.6 is 0 Å². The van der Waals surface area contributed by atoms with Gasteiger partial charge in [0, 0.05) is 12.0 Å². The zero-order valence-corrected chi connectivity index (χ0v) is 11.7. The molecule has 2 aromatic rings. The molecule has 4 nitrogen and oxygen atoms in total. The van der Waals surface area contributed by atoms with Crippen LogP contribution in [0.3, 0.4) is 0 Å². The molecule has 0 saturated heterocycles. The fourth-order valence-corrected chi connectivity index (χ4v) is 4.16. The Morgan fingerprint density at radius 2 is 1.95 bits per heavy atom. The number of nitrogens with zero attached hydrogens (tertiary/aromatic N) is 2. The highest BCUT2D eigenvalue weighted by atomic mass is 16.5. The minimum absolute atomic E-state index is 0.0341. The molecule has 4 heteroatoms. The van der Waals surface area contributed by atoms with Crippen molar-refractivity contribution in [2.45, 2.75) is 18.1 Å². The average molecular weight is 288 g/mol. The maximum Gasteiger partial charge on any atom is 0.261 e. The number of carbonyl (C=O) groups is 1. The number of anilines is 1. The summed E-state index contributed by atoms with van der Waals surface area (Å²) in [4.78, 5) is 14.8. The second kappa shape index (κ2) is 3.69. The van der Waals surface area contributed by atoms with E-state index in [9.17, 15) is 10.1 Å². The molecule has 0 radical (unpaired) electrons. The van der Waals surface area contributed by atoms with Gasteiger partial charge in [0.15, 0.2) is 5.72 Å². The van der Waals surface area contributed by atoms with Crippen molar-refractivity contribution in [1.82, 2.24) is 0 Å². The molecule has 3 atom stereocenters. The van der Waals surface area contributed by atoms with Gasteiger partial charge in [0.1, 0.15) is 5.75 Å². The Hall–Kier alpha value is -2.80. The van der Waals surface area contributed by atoms with Crippen LogP contribution in [0.1, 0.15) is 28.3 Å². The lowest BCUT2D eigenvalue weighted by molar-refractivity contribution is -0.0462. The Bertz CT molecular complexity index is 869. The van der Waals surface area contributed by atoms with Gasteiger partial charge < -0.3 is 4.74 Å². The number of hydrogen-bond donors (Lipinski definition) is 0. The smallest absolute Gasteiger partial charge is 0.261 e. The topological polar surface area (TPSA) is 53.3 Å². The lowest BCUT2D eigenvalue weighted by Crippen LogP contribution is -2.68. The number of amides is 1. The average Bonchev–Trinajstić information content (AvgIpc) is 2.88. The highest BCUT2D eigenvalue weighted by Crippen LogP contribution is 2.63. The number of para-hydroxylation sites is 2. The van der Waals surface area contributed by atoms with Crippen LogP contribution in [-0.4, -0.2) is 11.6 Å². The second-order valence-corrected chi connectivity index (χ2v) is 6.06. The van der Waals surface area contributed by atoms with Crippen molar-refractivity contribution >= 4 is 11.6 Å². The summed E-state index contributed by atoms with van der Waals surface area (Å²) in [6.45, 7) is 0. The van der Waals surface area contributed by atoms with Crippen molar-refractivity contribution in [1.29, 1.82) is 5.26 Å². The van der Waals surface area contributed by atoms with Gasteiger partial charge in [0.2, 0.25) is 0 Å². The number of ether oxygens (including phenoxy) is 1. The van der Waals surface area contributed by atoms with Crippen LogP contribution in [0.5, 0.6) is 5.75 Å². The Morgan fingerprint density at radius 1 is 1.18 bits per heavy atom. The summed E-state index contributed by atoms with van der Waals surface area (Å²) >= 11 is 0. The van der Waals surface area contributed by atoms with Crippen LogP contribution in [0, 0.1) is 17.2 Å². The molecule has 3 aliphatic rings. The van der Waals surface area contributed by atoms with E-state index in [4.69, 9.17) is 4.74 Å². The molecule has 1 fully saturated rings. The van der Waals surface area contributed by atoms with E-state index in [0.29, 0.717) is 12.0 Å². The van der Waals surface area contributed by atoms with Gasteiger partial charge in [-0.2, -0.15) is 5.26 Å². The van der Waals surface area contributed by atoms with E-state index in [0.717, 1.165) is 17.0 Å². The van der Waals surface area contributed by atoms with Crippen molar-refractivity contribution in [3.8, 4) is 11.8 Å². The Morgan fingerprint density at radius 3 is 2.82 bits per heavy atom. The van der Waals surface area contributed by atoms with Crippen LogP contribution in [0.4, 0.5) is 5.69 Å². The monoisotopic (exact) mass is 288 g/mol. The Kier molecular flexibility index (Phi) is 1.98. The number of carbonyl (C=O) groups excluding carboxylic acids is 1. The standard InChI is InChI=1S/C18H12N2O2/c19-10-11-9-18-16(11)12-5-1-2-6-13(12)17(21)20(18)14-7-3-4-8-15(14)22-18/h1-8,11,16H,9H2/t11-,16-,18+/m1/s1. The number of hydrogen-bond acceptors (Lipinski definition) is 3. The normalized spacial score (nSPS) is 30.1. The molecule has 2 aromatic carbocycles. The molecule has 106 valence electrons. The fourth-order valence-electron chi connectivity index (χ4n) is 4.16. The molecule has 0 N–H and O–H groups in total. The summed E-state index contributed by atoms with van der Waals surface area (Å²) in [5.41, 5.74) is 1.72. The van der Waals surface area contributed by atoms with Crippen molar-refractivity contribution in [2.24, 2.45) is 5.92 Å². The summed E-state index contributed by atoms with van der Waals surface area (Å²) in [7, 11) is 0. The van der Waals surface area contributed by atoms with E-state index in [2.05, 4.69) is 6.07 Å². The van der Waals surface area contributed by atoms with Gasteiger partial charge in [0.05, 0.1) is 23.6 Å². The third-order valence-corrected chi connectivity index (χ3v) is 5.07. The zero-order valence-electron chi connectivity index (χ0n) is 11.7. The molecule has 5 rings (SSSR count). The van der Waals surface area contributed by atoms with Crippen molar-refractivity contribution in [3.63, 3.8) is 0 Å². The van der Waals surface area contributed by atoms with Crippen LogP contribution in [0.2, 0.25) is 0 Å². The highest BCUT2D eigenvalue weighted by Gasteiger charge is 2.68. The predicted octanol–water partition coefficient (Wildman–Crippen LogP) is 3.06. The third-order valence-electron chi connectivity index (χ3n) is 5.07. The molecule has 2 heterocycles. The lowest BCUT2D eigenvalue weighted by Gasteiger charge is -2.56. The maximum atomic E-state index is 13.0. The third kappa shape index (κ3) is 1.13. The van der Waals surface area contributed by atoms with Crippen LogP contribution in [0.15, 0.2) is 48.5 Å². The first kappa shape index (κ1) is 11.8. The molecule has 1 aliphatic carbocycles. The number of rotatable bonds is 0. The lowest BCUT2D eigenvalue weighted by atomic mass is 9.60. The summed E-state index contributed by atoms with van der Waals surface area (Å²) in [6.07, 6.45) is 0.558. The predicted molar refractivity (Wildman–Crippen MR) is 79.5 cm³/mol. The number of benzene rings is 2. The number of fused-ring (bicyclic) bond motifs is 4. The highest BCUT2D eigenvalue weighted by molar-refractivity contribution is 6.11. The Balaban J connectivity index is 1.79. The number of nitriles is 1. The molecule has 1 spiro atoms. The molecule has 1 amide bonds. The Labute approximate surface area is 127 Å². The first-order valence-corrected chi connectivity index (χ1v) is 7.37. The minimum Gasteiger partial charge on any atom is -0.465 e. The van der Waals surface area contributed by atoms with Crippen LogP contribution in [0.25, 0.3) is 0 Å². The van der Waals surface area contributed by atoms with Gasteiger partial charge in [-0.3, -0.25) is 9.69 Å². The van der Waals surface area contributed by atoms with E-state index < -0.39 is 5.72 Å². The summed E-state index contributed by atoms with van der Waals surface area (Å²) in [5, 5.41) is 9.44. The first-order chi connectivity index (χ1) is 10.8. The zero-order chi connectivity index (χ0) is 14.9. The van der Waals surface area contributed by atoms with Gasteiger partial charge in [-0.1, -0.05) is 30.3 Å². The quantitative estimate of drug-likeness (QED) is 0.748. The molecule has 0 unspecified atom stereocenters. The van der Waals surface area contributed by atoms with Gasteiger partial charge in [-0.25, -0.2) is 0 Å². The van der Waals surface area contributed by atoms with Crippen molar-refractivity contribution in [2.75, 3.05) is 4.90 Å². The van der Waals surface area contributed by atoms with Crippen molar-refractivity contribution in [3.05, 3.63) is 59.7 Å². The van der Waals surface area contributed by atoms with E-state index in [1.165, 1.54) is 0 Å². The molecule has 2 aliphatic heterocycles. The molecule has 0 bridgehead atoms. The van der Waals surface area contributed by atoms with Crippen molar-refractivity contribution < 1.29 is 9.53 Å². The SMILES string of the molecule is N#C[C@H]1C[C@@]23Oc4ccccc4N2C(=O)c2ccccc2[C@@H]13. The maximum absolute atomic E-state index is 13.0. The van der Waals surface area contributed by atoms with E-state index in [-0.39, 0.29) is 17.7 Å². The van der Waals surface area contributed by atoms with E-state index >= 15 is 0 Å². The molecular formula is C18H12N2O2. The largest absolute Gasteiger partial charge is 0.465 e. The van der Waals surface area contributed by atoms with Crippen LogP contribution in [-0.2, 0) is 0 Å². The first-order valence-electron chi connectivity index (χ1n) is 7.37. The molecule has 1 saturated carbocycles. The van der Waals surface area contributed by atoms with Gasteiger partial charge >= 0.3 is 0 Å². The van der Waals surface area contributed by atoms with Gasteiger partial charge in [0.25, 0.3) is 5.91 Å². The summed E-state index contributed by atoms with van der Waals surface area (Å²) in [5.74, 6) is 0.489. The minimum atomic E-state index is -0.713.